The van der Waals surface area contributed by atoms with E-state index in [1.54, 1.807) is 0 Å². The number of methoxy groups -OCH3 is 1. The molecule has 110 valence electrons. The molecule has 0 saturated heterocycles. The molecule has 0 aromatic heterocycles. The molecule has 0 fully saturated rings. The average Bonchev–Trinajstić information content (AvgIpc) is 2.38. The Labute approximate surface area is 126 Å². The van der Waals surface area contributed by atoms with Crippen LogP contribution in [0.5, 0.6) is 0 Å². The van der Waals surface area contributed by atoms with Gasteiger partial charge in [-0.3, -0.25) is 9.59 Å². The zero-order chi connectivity index (χ0) is 15.3. The van der Waals surface area contributed by atoms with Crippen LogP contribution in [0.2, 0.25) is 10.0 Å². The van der Waals surface area contributed by atoms with Crippen molar-refractivity contribution in [3.8, 4) is 0 Å². The van der Waals surface area contributed by atoms with E-state index in [1.807, 2.05) is 0 Å². The van der Waals surface area contributed by atoms with Crippen LogP contribution in [-0.2, 0) is 19.4 Å². The fourth-order valence-electron chi connectivity index (χ4n) is 1.37. The lowest BCUT2D eigenvalue weighted by molar-refractivity contribution is -0.140. The van der Waals surface area contributed by atoms with E-state index in [-0.39, 0.29) is 22.0 Å². The van der Waals surface area contributed by atoms with E-state index in [1.165, 1.54) is 18.2 Å². The van der Waals surface area contributed by atoms with Gasteiger partial charge in [0, 0.05) is 5.56 Å². The molecule has 0 unspecified atom stereocenters. The lowest BCUT2D eigenvalue weighted by Gasteiger charge is -2.04. The van der Waals surface area contributed by atoms with E-state index in [9.17, 15) is 18.0 Å². The van der Waals surface area contributed by atoms with E-state index in [4.69, 9.17) is 23.2 Å². The number of carbonyl (C=O) groups is 2. The summed E-state index contributed by atoms with van der Waals surface area (Å²) in [6, 6.07) is 4.12. The molecule has 0 aliphatic rings. The summed E-state index contributed by atoms with van der Waals surface area (Å²) in [6.45, 7) is 0. The Balaban J connectivity index is 2.74. The van der Waals surface area contributed by atoms with Gasteiger partial charge >= 0.3 is 5.97 Å². The van der Waals surface area contributed by atoms with Crippen molar-refractivity contribution in [2.75, 3.05) is 18.6 Å². The van der Waals surface area contributed by atoms with Crippen molar-refractivity contribution in [2.45, 2.75) is 6.42 Å². The highest BCUT2D eigenvalue weighted by Gasteiger charge is 2.20. The largest absolute Gasteiger partial charge is 0.469 e. The molecule has 5 nitrogen and oxygen atoms in total. The van der Waals surface area contributed by atoms with Crippen molar-refractivity contribution in [3.63, 3.8) is 0 Å². The first-order valence-electron chi connectivity index (χ1n) is 5.50. The summed E-state index contributed by atoms with van der Waals surface area (Å²) >= 11 is 11.5. The van der Waals surface area contributed by atoms with E-state index < -0.39 is 33.1 Å². The molecule has 1 rings (SSSR count). The number of Topliss-reactive ketones (excluding diaryl/α,β-unsaturated/α-hetero) is 1. The van der Waals surface area contributed by atoms with Gasteiger partial charge in [0.05, 0.1) is 29.3 Å². The van der Waals surface area contributed by atoms with Gasteiger partial charge in [0.15, 0.2) is 15.6 Å². The lowest BCUT2D eigenvalue weighted by Crippen LogP contribution is -2.21. The van der Waals surface area contributed by atoms with E-state index in [0.717, 1.165) is 7.11 Å². The van der Waals surface area contributed by atoms with E-state index >= 15 is 0 Å². The smallest absolute Gasteiger partial charge is 0.306 e. The van der Waals surface area contributed by atoms with Crippen molar-refractivity contribution in [1.82, 2.24) is 0 Å². The number of hydrogen-bond acceptors (Lipinski definition) is 5. The molecule has 0 radical (unpaired) electrons. The first-order valence-corrected chi connectivity index (χ1v) is 8.08. The number of sulfone groups is 1. The number of ether oxygens (including phenoxy) is 1. The number of benzene rings is 1. The van der Waals surface area contributed by atoms with Crippen LogP contribution in [0.3, 0.4) is 0 Å². The third-order valence-corrected chi connectivity index (χ3v) is 4.70. The van der Waals surface area contributed by atoms with Gasteiger partial charge in [-0.1, -0.05) is 23.2 Å². The third-order valence-electron chi connectivity index (χ3n) is 2.44. The second-order valence-electron chi connectivity index (χ2n) is 3.97. The minimum absolute atomic E-state index is 0.154. The van der Waals surface area contributed by atoms with Gasteiger partial charge < -0.3 is 4.74 Å². The molecule has 0 aliphatic carbocycles. The predicted octanol–water partition coefficient (Wildman–Crippen LogP) is 2.15. The van der Waals surface area contributed by atoms with Gasteiger partial charge in [0.25, 0.3) is 0 Å². The molecule has 0 N–H and O–H groups in total. The van der Waals surface area contributed by atoms with Crippen molar-refractivity contribution < 1.29 is 22.7 Å². The van der Waals surface area contributed by atoms with Crippen LogP contribution in [0.15, 0.2) is 18.2 Å². The Morgan fingerprint density at radius 1 is 1.20 bits per heavy atom. The molecule has 0 aliphatic heterocycles. The van der Waals surface area contributed by atoms with Gasteiger partial charge in [-0.15, -0.1) is 0 Å². The normalized spacial score (nSPS) is 11.2. The maximum absolute atomic E-state index is 11.8. The quantitative estimate of drug-likeness (QED) is 0.586. The zero-order valence-electron chi connectivity index (χ0n) is 10.6. The topological polar surface area (TPSA) is 77.5 Å². The summed E-state index contributed by atoms with van der Waals surface area (Å²) in [5.41, 5.74) is 0.154. The van der Waals surface area contributed by atoms with Gasteiger partial charge in [0.1, 0.15) is 5.75 Å². The standard InChI is InChI=1S/C12H12Cl2O5S/c1-19-12(16)4-5-20(17,18)7-11(15)8-2-3-9(13)10(14)6-8/h2-3,6H,4-5,7H2,1H3. The number of rotatable bonds is 6. The monoisotopic (exact) mass is 338 g/mol. The van der Waals surface area contributed by atoms with E-state index in [0.29, 0.717) is 0 Å². The molecule has 0 atom stereocenters. The van der Waals surface area contributed by atoms with Gasteiger partial charge in [0.2, 0.25) is 0 Å². The summed E-state index contributed by atoms with van der Waals surface area (Å²) in [4.78, 5) is 22.7. The van der Waals surface area contributed by atoms with Crippen LogP contribution in [0, 0.1) is 0 Å². The van der Waals surface area contributed by atoms with E-state index in [2.05, 4.69) is 4.74 Å². The predicted molar refractivity (Wildman–Crippen MR) is 76.1 cm³/mol. The van der Waals surface area contributed by atoms with Gasteiger partial charge in [-0.05, 0) is 18.2 Å². The second-order valence-corrected chi connectivity index (χ2v) is 6.97. The van der Waals surface area contributed by atoms with Crippen molar-refractivity contribution in [1.29, 1.82) is 0 Å². The molecule has 0 bridgehead atoms. The summed E-state index contributed by atoms with van der Waals surface area (Å²) in [7, 11) is -2.52. The summed E-state index contributed by atoms with van der Waals surface area (Å²) in [5, 5.41) is 0.446. The second kappa shape index (κ2) is 7.06. The number of ketones is 1. The van der Waals surface area contributed by atoms with Crippen LogP contribution >= 0.6 is 23.2 Å². The van der Waals surface area contributed by atoms with Crippen LogP contribution in [0.4, 0.5) is 0 Å². The molecule has 0 spiro atoms. The first-order chi connectivity index (χ1) is 9.25. The highest BCUT2D eigenvalue weighted by molar-refractivity contribution is 7.92. The molecular formula is C12H12Cl2O5S. The molecule has 1 aromatic carbocycles. The fraction of sp³-hybridized carbons (Fsp3) is 0.333. The molecule has 1 aromatic rings. The van der Waals surface area contributed by atoms with Crippen molar-refractivity contribution in [3.05, 3.63) is 33.8 Å². The number of carbonyl (C=O) groups excluding carboxylic acids is 2. The van der Waals surface area contributed by atoms with Gasteiger partial charge in [-0.25, -0.2) is 8.42 Å². The number of hydrogen-bond donors (Lipinski definition) is 0. The molecule has 0 saturated carbocycles. The Morgan fingerprint density at radius 2 is 1.85 bits per heavy atom. The molecule has 8 heteroatoms. The highest BCUT2D eigenvalue weighted by Crippen LogP contribution is 2.23. The fourth-order valence-corrected chi connectivity index (χ4v) is 2.85. The maximum Gasteiger partial charge on any atom is 0.306 e. The molecule has 0 amide bonds. The Kier molecular flexibility index (Phi) is 5.98. The molecule has 0 heterocycles. The van der Waals surface area contributed by atoms with Crippen molar-refractivity contribution in [2.24, 2.45) is 0 Å². The van der Waals surface area contributed by atoms with Gasteiger partial charge in [-0.2, -0.15) is 0 Å². The van der Waals surface area contributed by atoms with Crippen LogP contribution in [0.1, 0.15) is 16.8 Å². The Bertz CT molecular complexity index is 625. The molecule has 20 heavy (non-hydrogen) atoms. The van der Waals surface area contributed by atoms with Crippen LogP contribution in [-0.4, -0.2) is 38.8 Å². The van der Waals surface area contributed by atoms with Crippen LogP contribution < -0.4 is 0 Å². The minimum atomic E-state index is -3.68. The summed E-state index contributed by atoms with van der Waals surface area (Å²) < 4.78 is 27.7. The molecular weight excluding hydrogens is 327 g/mol. The first kappa shape index (κ1) is 16.9. The third kappa shape index (κ3) is 5.11. The highest BCUT2D eigenvalue weighted by atomic mass is 35.5. The summed E-state index contributed by atoms with van der Waals surface area (Å²) in [5.74, 6) is -2.38. The Hall–Kier alpha value is -1.11. The zero-order valence-corrected chi connectivity index (χ0v) is 12.9. The maximum atomic E-state index is 11.8. The summed E-state index contributed by atoms with van der Waals surface area (Å²) in [6.07, 6.45) is -0.284. The van der Waals surface area contributed by atoms with Crippen molar-refractivity contribution >= 4 is 44.8 Å². The lowest BCUT2D eigenvalue weighted by atomic mass is 10.1. The number of halogens is 2. The average molecular weight is 339 g/mol. The SMILES string of the molecule is COC(=O)CCS(=O)(=O)CC(=O)c1ccc(Cl)c(Cl)c1. The van der Waals surface area contributed by atoms with Crippen LogP contribution in [0.25, 0.3) is 0 Å². The number of esters is 1. The Morgan fingerprint density at radius 3 is 2.40 bits per heavy atom. The minimum Gasteiger partial charge on any atom is -0.469 e.